The van der Waals surface area contributed by atoms with Crippen LogP contribution in [0, 0.1) is 10.1 Å². The molecule has 0 saturated carbocycles. The molecule has 0 amide bonds. The monoisotopic (exact) mass is 643 g/mol. The first-order valence-corrected chi connectivity index (χ1v) is 11.1. The smallest absolute Gasteiger partial charge is 0.458 e. The highest BCUT2D eigenvalue weighted by molar-refractivity contribution is 8.00. The Labute approximate surface area is 211 Å². The third-order valence-electron chi connectivity index (χ3n) is 4.16. The fraction of sp³-hybridized carbons (Fsp3) is 0.562. The zero-order valence-corrected chi connectivity index (χ0v) is 19.3. The first-order valence-electron chi connectivity index (χ1n) is 8.98. The average molecular weight is 643 g/mol. The quantitative estimate of drug-likeness (QED) is 0.0875. The van der Waals surface area contributed by atoms with Crippen LogP contribution in [0.25, 0.3) is 0 Å². The van der Waals surface area contributed by atoms with Gasteiger partial charge in [-0.05, 0) is 23.9 Å². The fourth-order valence-corrected chi connectivity index (χ4v) is 4.03. The summed E-state index contributed by atoms with van der Waals surface area (Å²) in [6, 6.07) is 0.333. The van der Waals surface area contributed by atoms with Crippen molar-refractivity contribution in [2.75, 3.05) is 12.4 Å². The summed E-state index contributed by atoms with van der Waals surface area (Å²) < 4.78 is 208. The van der Waals surface area contributed by atoms with Crippen molar-refractivity contribution in [3.8, 4) is 0 Å². The average Bonchev–Trinajstić information content (AvgIpc) is 2.76. The Morgan fingerprint density at radius 3 is 1.90 bits per heavy atom. The Morgan fingerprint density at radius 2 is 1.46 bits per heavy atom. The van der Waals surface area contributed by atoms with Gasteiger partial charge in [-0.2, -0.15) is 57.1 Å². The lowest BCUT2D eigenvalue weighted by Gasteiger charge is -2.31. The van der Waals surface area contributed by atoms with Crippen molar-refractivity contribution < 1.29 is 84.5 Å². The summed E-state index contributed by atoms with van der Waals surface area (Å²) in [7, 11) is -3.12. The number of esters is 1. The molecule has 0 aliphatic rings. The van der Waals surface area contributed by atoms with Crippen LogP contribution in [0.2, 0.25) is 0 Å². The first-order chi connectivity index (χ1) is 17.2. The van der Waals surface area contributed by atoms with Crippen LogP contribution in [0.3, 0.4) is 0 Å². The maximum Gasteiger partial charge on any atom is 0.460 e. The lowest BCUT2D eigenvalue weighted by Crippen LogP contribution is -2.59. The van der Waals surface area contributed by atoms with Gasteiger partial charge in [0.15, 0.2) is 6.61 Å². The molecule has 1 aromatic rings. The van der Waals surface area contributed by atoms with E-state index in [1.807, 2.05) is 0 Å². The van der Waals surface area contributed by atoms with Crippen molar-refractivity contribution in [1.82, 2.24) is 0 Å². The van der Waals surface area contributed by atoms with E-state index in [4.69, 9.17) is 0 Å². The van der Waals surface area contributed by atoms with Gasteiger partial charge in [0, 0.05) is 11.0 Å². The maximum atomic E-state index is 13.5. The molecular formula is C16H8F15NO5S2. The van der Waals surface area contributed by atoms with Crippen LogP contribution in [-0.2, 0) is 20.3 Å². The number of ether oxygens (including phenoxy) is 1. The molecule has 0 bridgehead atoms. The van der Waals surface area contributed by atoms with Crippen LogP contribution in [0.4, 0.5) is 71.5 Å². The minimum absolute atomic E-state index is 0.0786. The molecule has 0 N–H and O–H groups in total. The number of benzene rings is 1. The summed E-state index contributed by atoms with van der Waals surface area (Å²) in [5.74, 6) is -30.1. The number of thioether (sulfide) groups is 1. The SMILES string of the molecule is O=C(CS(=O)c1ccc(SC(F)(F)C(F)(F)C(F)(F)F)cc1[N+](=O)[O-])OCC(F)(F)C(F)(F)C(F)(F)C(F)F. The maximum absolute atomic E-state index is 13.5. The van der Waals surface area contributed by atoms with Gasteiger partial charge in [0.25, 0.3) is 5.69 Å². The second kappa shape index (κ2) is 11.2. The van der Waals surface area contributed by atoms with Crippen molar-refractivity contribution in [3.05, 3.63) is 28.3 Å². The molecule has 1 unspecified atom stereocenters. The van der Waals surface area contributed by atoms with E-state index in [0.29, 0.717) is 0 Å². The molecule has 0 aliphatic carbocycles. The summed E-state index contributed by atoms with van der Waals surface area (Å²) in [4.78, 5) is 18.6. The Bertz CT molecular complexity index is 1110. The molecule has 23 heteroatoms. The van der Waals surface area contributed by atoms with Gasteiger partial charge in [0.05, 0.1) is 15.7 Å². The van der Waals surface area contributed by atoms with E-state index < -0.39 is 103 Å². The molecular weight excluding hydrogens is 635 g/mol. The van der Waals surface area contributed by atoms with Crippen molar-refractivity contribution >= 4 is 34.2 Å². The summed E-state index contributed by atoms with van der Waals surface area (Å²) in [5, 5.41) is 5.19. The molecule has 0 radical (unpaired) electrons. The van der Waals surface area contributed by atoms with Gasteiger partial charge in [-0.3, -0.25) is 19.1 Å². The van der Waals surface area contributed by atoms with E-state index in [1.165, 1.54) is 0 Å². The number of halogens is 15. The fourth-order valence-electron chi connectivity index (χ4n) is 2.14. The van der Waals surface area contributed by atoms with E-state index in [2.05, 4.69) is 4.74 Å². The molecule has 6 nitrogen and oxygen atoms in total. The number of alkyl halides is 15. The van der Waals surface area contributed by atoms with E-state index in [1.54, 1.807) is 0 Å². The predicted molar refractivity (Wildman–Crippen MR) is 98.0 cm³/mol. The first kappa shape index (κ1) is 34.6. The number of nitro groups is 1. The third kappa shape index (κ3) is 7.01. The zero-order valence-electron chi connectivity index (χ0n) is 17.7. The third-order valence-corrected chi connectivity index (χ3v) is 6.49. The van der Waals surface area contributed by atoms with Crippen LogP contribution in [0.15, 0.2) is 28.0 Å². The van der Waals surface area contributed by atoms with Gasteiger partial charge in [-0.15, -0.1) is 0 Å². The molecule has 1 aromatic carbocycles. The highest BCUT2D eigenvalue weighted by atomic mass is 32.2. The number of nitro benzene ring substituents is 1. The summed E-state index contributed by atoms with van der Waals surface area (Å²) in [5.41, 5.74) is -1.55. The van der Waals surface area contributed by atoms with Crippen molar-refractivity contribution in [3.63, 3.8) is 0 Å². The second-order valence-corrected chi connectivity index (χ2v) is 9.54. The summed E-state index contributed by atoms with van der Waals surface area (Å²) in [6.07, 6.45) is -12.0. The van der Waals surface area contributed by atoms with Gasteiger partial charge in [0.1, 0.15) is 10.6 Å². The van der Waals surface area contributed by atoms with Gasteiger partial charge in [0.2, 0.25) is 0 Å². The van der Waals surface area contributed by atoms with E-state index in [-0.39, 0.29) is 18.2 Å². The van der Waals surface area contributed by atoms with Crippen LogP contribution < -0.4 is 0 Å². The minimum atomic E-state index is -6.77. The van der Waals surface area contributed by atoms with Gasteiger partial charge in [-0.1, -0.05) is 0 Å². The second-order valence-electron chi connectivity index (χ2n) is 6.93. The highest BCUT2D eigenvalue weighted by Crippen LogP contribution is 2.54. The predicted octanol–water partition coefficient (Wildman–Crippen LogP) is 6.30. The molecule has 39 heavy (non-hydrogen) atoms. The molecule has 0 saturated heterocycles. The Hall–Kier alpha value is -2.46. The lowest BCUT2D eigenvalue weighted by molar-refractivity contribution is -0.388. The van der Waals surface area contributed by atoms with Crippen LogP contribution in [0.5, 0.6) is 0 Å². The topological polar surface area (TPSA) is 86.5 Å². The Morgan fingerprint density at radius 1 is 0.949 bits per heavy atom. The normalized spacial score (nSPS) is 14.9. The molecule has 1 rings (SSSR count). The minimum Gasteiger partial charge on any atom is -0.458 e. The Balaban J connectivity index is 3.11. The number of carbonyl (C=O) groups is 1. The van der Waals surface area contributed by atoms with Gasteiger partial charge in [-0.25, -0.2) is 8.78 Å². The zero-order chi connectivity index (χ0) is 31.0. The van der Waals surface area contributed by atoms with Crippen molar-refractivity contribution in [1.29, 1.82) is 0 Å². The number of rotatable bonds is 12. The molecule has 1 atom stereocenters. The summed E-state index contributed by atoms with van der Waals surface area (Å²) in [6.45, 7) is -2.97. The number of carbonyl (C=O) groups excluding carboxylic acids is 1. The van der Waals surface area contributed by atoms with Crippen molar-refractivity contribution in [2.24, 2.45) is 0 Å². The molecule has 0 aromatic heterocycles. The van der Waals surface area contributed by atoms with E-state index in [9.17, 15) is 85.0 Å². The number of nitrogens with zero attached hydrogens (tertiary/aromatic N) is 1. The van der Waals surface area contributed by atoms with Crippen molar-refractivity contribution in [2.45, 2.75) is 51.3 Å². The molecule has 0 aliphatic heterocycles. The van der Waals surface area contributed by atoms with E-state index >= 15 is 0 Å². The molecule has 0 fully saturated rings. The standard InChI is InChI=1S/C16H8F15NO5S2/c17-10(18)12(21,22)13(23,24)11(19,20)5-37-9(33)4-39(36)8-2-1-6(3-7(8)32(34)35)38-16(30,31)14(25,26)15(27,28)29/h1-3,10H,4-5H2. The van der Waals surface area contributed by atoms with Gasteiger partial charge >= 0.3 is 47.5 Å². The lowest BCUT2D eigenvalue weighted by atomic mass is 10.1. The highest BCUT2D eigenvalue weighted by Gasteiger charge is 2.76. The number of hydrogen-bond donors (Lipinski definition) is 0. The molecule has 224 valence electrons. The Kier molecular flexibility index (Phi) is 9.92. The summed E-state index contributed by atoms with van der Waals surface area (Å²) >= 11 is -1.50. The number of hydrogen-bond acceptors (Lipinski definition) is 6. The van der Waals surface area contributed by atoms with Gasteiger partial charge < -0.3 is 4.74 Å². The molecule has 0 heterocycles. The molecule has 0 spiro atoms. The largest absolute Gasteiger partial charge is 0.460 e. The van der Waals surface area contributed by atoms with Crippen LogP contribution in [-0.4, -0.2) is 69.0 Å². The van der Waals surface area contributed by atoms with E-state index in [0.717, 1.165) is 0 Å². The van der Waals surface area contributed by atoms with Crippen LogP contribution in [0.1, 0.15) is 0 Å². The van der Waals surface area contributed by atoms with Crippen LogP contribution >= 0.6 is 11.8 Å².